The molecular formula is C13H14N2O3. The first kappa shape index (κ1) is 12.3. The highest BCUT2D eigenvalue weighted by Crippen LogP contribution is 2.20. The average molecular weight is 246 g/mol. The summed E-state index contributed by atoms with van der Waals surface area (Å²) in [5.74, 6) is -0.288. The minimum Gasteiger partial charge on any atom is -0.423 e. The standard InChI is InChI=1S/C13H14N2O3/c1-7-5-12(16)18-11-6-9(3-4-10(7)11)15-13(17)8(2)14/h3-6,8H,14H2,1-2H3,(H,15,17)/t8-/m1/s1. The van der Waals surface area contributed by atoms with Gasteiger partial charge in [0.25, 0.3) is 0 Å². The second kappa shape index (κ2) is 4.62. The van der Waals surface area contributed by atoms with Crippen LogP contribution in [0.25, 0.3) is 11.0 Å². The fraction of sp³-hybridized carbons (Fsp3) is 0.231. The van der Waals surface area contributed by atoms with Gasteiger partial charge in [-0.3, -0.25) is 4.79 Å². The van der Waals surface area contributed by atoms with Crippen LogP contribution in [-0.4, -0.2) is 11.9 Å². The predicted octanol–water partition coefficient (Wildman–Crippen LogP) is 1.39. The lowest BCUT2D eigenvalue weighted by Crippen LogP contribution is -2.32. The normalized spacial score (nSPS) is 12.4. The minimum absolute atomic E-state index is 0.288. The lowest BCUT2D eigenvalue weighted by molar-refractivity contribution is -0.117. The summed E-state index contributed by atoms with van der Waals surface area (Å²) < 4.78 is 5.09. The molecule has 3 N–H and O–H groups in total. The fourth-order valence-corrected chi connectivity index (χ4v) is 1.66. The Hall–Kier alpha value is -2.14. The third-order valence-corrected chi connectivity index (χ3v) is 2.63. The molecule has 0 aliphatic carbocycles. The maximum atomic E-state index is 11.5. The molecule has 0 bridgehead atoms. The van der Waals surface area contributed by atoms with Crippen LogP contribution < -0.4 is 16.7 Å². The van der Waals surface area contributed by atoms with Crippen molar-refractivity contribution in [1.82, 2.24) is 0 Å². The van der Waals surface area contributed by atoms with Crippen LogP contribution in [0, 0.1) is 6.92 Å². The number of anilines is 1. The first-order chi connectivity index (χ1) is 8.47. The summed E-state index contributed by atoms with van der Waals surface area (Å²) in [6, 6.07) is 6.00. The Labute approximate surface area is 104 Å². The van der Waals surface area contributed by atoms with Crippen LogP contribution in [0.4, 0.5) is 5.69 Å². The van der Waals surface area contributed by atoms with Crippen molar-refractivity contribution in [3.05, 3.63) is 40.2 Å². The molecule has 0 aliphatic rings. The number of amides is 1. The van der Waals surface area contributed by atoms with Crippen LogP contribution in [-0.2, 0) is 4.79 Å². The van der Waals surface area contributed by atoms with Gasteiger partial charge in [-0.1, -0.05) is 0 Å². The molecule has 0 saturated carbocycles. The lowest BCUT2D eigenvalue weighted by Gasteiger charge is -2.08. The number of carbonyl (C=O) groups is 1. The summed E-state index contributed by atoms with van der Waals surface area (Å²) >= 11 is 0. The van der Waals surface area contributed by atoms with Gasteiger partial charge < -0.3 is 15.5 Å². The number of hydrogen-bond acceptors (Lipinski definition) is 4. The lowest BCUT2D eigenvalue weighted by atomic mass is 10.1. The Morgan fingerprint density at radius 2 is 2.11 bits per heavy atom. The highest BCUT2D eigenvalue weighted by atomic mass is 16.4. The fourth-order valence-electron chi connectivity index (χ4n) is 1.66. The molecule has 1 aromatic heterocycles. The highest BCUT2D eigenvalue weighted by molar-refractivity contribution is 5.96. The molecule has 94 valence electrons. The summed E-state index contributed by atoms with van der Waals surface area (Å²) in [7, 11) is 0. The highest BCUT2D eigenvalue weighted by Gasteiger charge is 2.09. The number of benzene rings is 1. The first-order valence-electron chi connectivity index (χ1n) is 5.58. The molecule has 0 saturated heterocycles. The third kappa shape index (κ3) is 2.41. The summed E-state index contributed by atoms with van der Waals surface area (Å²) in [4.78, 5) is 22.7. The molecule has 1 heterocycles. The second-order valence-electron chi connectivity index (χ2n) is 4.24. The maximum Gasteiger partial charge on any atom is 0.336 e. The Morgan fingerprint density at radius 1 is 1.39 bits per heavy atom. The molecule has 1 aromatic carbocycles. The van der Waals surface area contributed by atoms with E-state index in [0.717, 1.165) is 10.9 Å². The van der Waals surface area contributed by atoms with Crippen molar-refractivity contribution in [1.29, 1.82) is 0 Å². The van der Waals surface area contributed by atoms with Gasteiger partial charge in [0.2, 0.25) is 5.91 Å². The number of nitrogens with two attached hydrogens (primary N) is 1. The Morgan fingerprint density at radius 3 is 2.78 bits per heavy atom. The van der Waals surface area contributed by atoms with Crippen LogP contribution in [0.2, 0.25) is 0 Å². The van der Waals surface area contributed by atoms with E-state index in [2.05, 4.69) is 5.32 Å². The number of rotatable bonds is 2. The van der Waals surface area contributed by atoms with E-state index >= 15 is 0 Å². The Bertz CT molecular complexity index is 659. The SMILES string of the molecule is Cc1cc(=O)oc2cc(NC(=O)[C@@H](C)N)ccc12. The van der Waals surface area contributed by atoms with E-state index in [-0.39, 0.29) is 5.91 Å². The van der Waals surface area contributed by atoms with Crippen molar-refractivity contribution in [2.24, 2.45) is 5.73 Å². The average Bonchev–Trinajstić information content (AvgIpc) is 2.27. The summed E-state index contributed by atoms with van der Waals surface area (Å²) in [5.41, 5.74) is 6.89. The largest absolute Gasteiger partial charge is 0.423 e. The molecule has 18 heavy (non-hydrogen) atoms. The molecule has 0 spiro atoms. The molecular weight excluding hydrogens is 232 g/mol. The molecule has 0 aliphatic heterocycles. The van der Waals surface area contributed by atoms with Gasteiger partial charge in [0.05, 0.1) is 6.04 Å². The molecule has 0 unspecified atom stereocenters. The van der Waals surface area contributed by atoms with Crippen molar-refractivity contribution in [3.8, 4) is 0 Å². The number of nitrogens with one attached hydrogen (secondary N) is 1. The van der Waals surface area contributed by atoms with Gasteiger partial charge in [-0.05, 0) is 31.5 Å². The van der Waals surface area contributed by atoms with Gasteiger partial charge in [0.15, 0.2) is 0 Å². The molecule has 5 heteroatoms. The van der Waals surface area contributed by atoms with E-state index in [4.69, 9.17) is 10.2 Å². The van der Waals surface area contributed by atoms with Crippen LogP contribution >= 0.6 is 0 Å². The molecule has 5 nitrogen and oxygen atoms in total. The van der Waals surface area contributed by atoms with Crippen LogP contribution in [0.15, 0.2) is 33.5 Å². The van der Waals surface area contributed by atoms with Crippen LogP contribution in [0.1, 0.15) is 12.5 Å². The number of hydrogen-bond donors (Lipinski definition) is 2. The number of fused-ring (bicyclic) bond motifs is 1. The third-order valence-electron chi connectivity index (χ3n) is 2.63. The quantitative estimate of drug-likeness (QED) is 0.784. The number of aryl methyl sites for hydroxylation is 1. The minimum atomic E-state index is -0.592. The summed E-state index contributed by atoms with van der Waals surface area (Å²) in [5, 5.41) is 3.49. The second-order valence-corrected chi connectivity index (χ2v) is 4.24. The topological polar surface area (TPSA) is 85.3 Å². The van der Waals surface area contributed by atoms with Gasteiger partial charge in [0, 0.05) is 23.2 Å². The molecule has 2 rings (SSSR count). The first-order valence-corrected chi connectivity index (χ1v) is 5.58. The zero-order valence-electron chi connectivity index (χ0n) is 10.2. The van der Waals surface area contributed by atoms with Crippen molar-refractivity contribution >= 4 is 22.6 Å². The van der Waals surface area contributed by atoms with Crippen molar-refractivity contribution < 1.29 is 9.21 Å². The monoisotopic (exact) mass is 246 g/mol. The van der Waals surface area contributed by atoms with E-state index < -0.39 is 11.7 Å². The van der Waals surface area contributed by atoms with Crippen LogP contribution in [0.3, 0.4) is 0 Å². The van der Waals surface area contributed by atoms with E-state index in [1.165, 1.54) is 6.07 Å². The van der Waals surface area contributed by atoms with Crippen molar-refractivity contribution in [2.75, 3.05) is 5.32 Å². The Kier molecular flexibility index (Phi) is 3.16. The molecule has 1 atom stereocenters. The molecule has 0 fully saturated rings. The molecule has 0 radical (unpaired) electrons. The maximum absolute atomic E-state index is 11.5. The molecule has 1 amide bonds. The zero-order chi connectivity index (χ0) is 13.3. The summed E-state index contributed by atoms with van der Waals surface area (Å²) in [6.45, 7) is 3.43. The smallest absolute Gasteiger partial charge is 0.336 e. The van der Waals surface area contributed by atoms with Crippen LogP contribution in [0.5, 0.6) is 0 Å². The van der Waals surface area contributed by atoms with E-state index in [0.29, 0.717) is 11.3 Å². The van der Waals surface area contributed by atoms with E-state index in [1.807, 2.05) is 6.92 Å². The number of carbonyl (C=O) groups excluding carboxylic acids is 1. The predicted molar refractivity (Wildman–Crippen MR) is 69.5 cm³/mol. The van der Waals surface area contributed by atoms with Crippen molar-refractivity contribution in [2.45, 2.75) is 19.9 Å². The van der Waals surface area contributed by atoms with E-state index in [1.54, 1.807) is 25.1 Å². The van der Waals surface area contributed by atoms with Gasteiger partial charge in [-0.15, -0.1) is 0 Å². The summed E-state index contributed by atoms with van der Waals surface area (Å²) in [6.07, 6.45) is 0. The van der Waals surface area contributed by atoms with Crippen molar-refractivity contribution in [3.63, 3.8) is 0 Å². The van der Waals surface area contributed by atoms with Gasteiger partial charge in [-0.25, -0.2) is 4.79 Å². The zero-order valence-corrected chi connectivity index (χ0v) is 10.2. The van der Waals surface area contributed by atoms with Gasteiger partial charge >= 0.3 is 5.63 Å². The van der Waals surface area contributed by atoms with Gasteiger partial charge in [-0.2, -0.15) is 0 Å². The van der Waals surface area contributed by atoms with E-state index in [9.17, 15) is 9.59 Å². The molecule has 2 aromatic rings. The Balaban J connectivity index is 2.44. The van der Waals surface area contributed by atoms with Gasteiger partial charge in [0.1, 0.15) is 5.58 Å².